The maximum absolute atomic E-state index is 11.9. The largest absolute Gasteiger partial charge is 0.496 e. The van der Waals surface area contributed by atoms with Crippen molar-refractivity contribution in [2.24, 2.45) is 7.05 Å². The molecule has 0 bridgehead atoms. The van der Waals surface area contributed by atoms with E-state index in [1.807, 2.05) is 6.92 Å². The number of halogens is 1. The Morgan fingerprint density at radius 2 is 2.09 bits per heavy atom. The van der Waals surface area contributed by atoms with Crippen LogP contribution in [0, 0.1) is 6.92 Å². The molecular weight excluding hydrogens is 302 g/mol. The first-order chi connectivity index (χ1) is 10.5. The van der Waals surface area contributed by atoms with E-state index in [9.17, 15) is 4.79 Å². The third kappa shape index (κ3) is 2.46. The molecule has 3 rings (SSSR count). The van der Waals surface area contributed by atoms with Crippen molar-refractivity contribution in [1.82, 2.24) is 9.78 Å². The summed E-state index contributed by atoms with van der Waals surface area (Å²) in [5.41, 5.74) is 4.06. The molecular formula is C16H18ClN3O2. The van der Waals surface area contributed by atoms with Crippen molar-refractivity contribution < 1.29 is 4.74 Å². The van der Waals surface area contributed by atoms with E-state index in [0.29, 0.717) is 12.2 Å². The number of aromatic nitrogens is 2. The van der Waals surface area contributed by atoms with Gasteiger partial charge in [-0.1, -0.05) is 17.7 Å². The normalized spacial score (nSPS) is 13.9. The second kappa shape index (κ2) is 5.65. The van der Waals surface area contributed by atoms with E-state index in [4.69, 9.17) is 16.3 Å². The molecule has 0 unspecified atom stereocenters. The molecule has 116 valence electrons. The fraction of sp³-hybridized carbons (Fsp3) is 0.375. The molecule has 5 nitrogen and oxygen atoms in total. The van der Waals surface area contributed by atoms with Gasteiger partial charge in [0, 0.05) is 20.1 Å². The van der Waals surface area contributed by atoms with Gasteiger partial charge in [0.15, 0.2) is 0 Å². The summed E-state index contributed by atoms with van der Waals surface area (Å²) in [6.45, 7) is 3.55. The van der Waals surface area contributed by atoms with Crippen LogP contribution in [0.1, 0.15) is 16.7 Å². The van der Waals surface area contributed by atoms with E-state index in [2.05, 4.69) is 22.1 Å². The molecule has 6 heteroatoms. The van der Waals surface area contributed by atoms with Gasteiger partial charge in [-0.15, -0.1) is 0 Å². The molecule has 0 atom stereocenters. The van der Waals surface area contributed by atoms with Crippen molar-refractivity contribution in [3.8, 4) is 5.75 Å². The van der Waals surface area contributed by atoms with Crippen LogP contribution >= 0.6 is 11.6 Å². The number of hydrogen-bond acceptors (Lipinski definition) is 4. The summed E-state index contributed by atoms with van der Waals surface area (Å²) in [5, 5.41) is 4.30. The first kappa shape index (κ1) is 14.9. The Labute approximate surface area is 134 Å². The van der Waals surface area contributed by atoms with E-state index in [1.54, 1.807) is 20.4 Å². The van der Waals surface area contributed by atoms with E-state index in [1.165, 1.54) is 15.8 Å². The zero-order valence-corrected chi connectivity index (χ0v) is 13.6. The predicted molar refractivity (Wildman–Crippen MR) is 87.0 cm³/mol. The van der Waals surface area contributed by atoms with Gasteiger partial charge in [-0.2, -0.15) is 5.10 Å². The van der Waals surface area contributed by atoms with Crippen molar-refractivity contribution in [2.45, 2.75) is 19.9 Å². The number of rotatable bonds is 2. The molecule has 1 aliphatic rings. The van der Waals surface area contributed by atoms with Gasteiger partial charge in [0.2, 0.25) is 0 Å². The maximum atomic E-state index is 11.9. The summed E-state index contributed by atoms with van der Waals surface area (Å²) in [6.07, 6.45) is 2.54. The molecule has 2 heterocycles. The molecule has 0 aliphatic carbocycles. The number of aryl methyl sites for hydroxylation is 2. The topological polar surface area (TPSA) is 47.4 Å². The van der Waals surface area contributed by atoms with Gasteiger partial charge in [0.05, 0.1) is 19.0 Å². The minimum absolute atomic E-state index is 0.228. The van der Waals surface area contributed by atoms with Crippen molar-refractivity contribution in [3.05, 3.63) is 50.4 Å². The number of methoxy groups -OCH3 is 1. The highest BCUT2D eigenvalue weighted by Crippen LogP contribution is 2.31. The standard InChI is InChI=1S/C16H18ClN3O2/c1-10-6-12-9-20(5-4-11(12)7-14(10)22-3)13-8-18-19(2)16(21)15(13)17/h6-8H,4-5,9H2,1-3H3. The number of benzene rings is 1. The molecule has 1 aromatic heterocycles. The molecule has 0 saturated carbocycles. The number of fused-ring (bicyclic) bond motifs is 1. The van der Waals surface area contributed by atoms with Crippen LogP contribution in [0.4, 0.5) is 5.69 Å². The fourth-order valence-corrected chi connectivity index (χ4v) is 3.15. The van der Waals surface area contributed by atoms with E-state index in [0.717, 1.165) is 24.3 Å². The minimum Gasteiger partial charge on any atom is -0.496 e. The molecule has 0 N–H and O–H groups in total. The van der Waals surface area contributed by atoms with Crippen molar-refractivity contribution in [3.63, 3.8) is 0 Å². The maximum Gasteiger partial charge on any atom is 0.287 e. The Morgan fingerprint density at radius 3 is 2.82 bits per heavy atom. The van der Waals surface area contributed by atoms with Gasteiger partial charge in [0.1, 0.15) is 10.8 Å². The Balaban J connectivity index is 1.97. The van der Waals surface area contributed by atoms with Crippen molar-refractivity contribution in [2.75, 3.05) is 18.6 Å². The third-order valence-electron chi connectivity index (χ3n) is 4.13. The Hall–Kier alpha value is -2.01. The lowest BCUT2D eigenvalue weighted by molar-refractivity contribution is 0.410. The number of anilines is 1. The van der Waals surface area contributed by atoms with Crippen LogP contribution in [0.2, 0.25) is 5.02 Å². The summed E-state index contributed by atoms with van der Waals surface area (Å²) in [5.74, 6) is 0.917. The highest BCUT2D eigenvalue weighted by Gasteiger charge is 2.21. The van der Waals surface area contributed by atoms with Gasteiger partial charge in [-0.05, 0) is 36.1 Å². The van der Waals surface area contributed by atoms with Gasteiger partial charge < -0.3 is 9.64 Å². The van der Waals surface area contributed by atoms with Crippen LogP contribution in [0.15, 0.2) is 23.1 Å². The van der Waals surface area contributed by atoms with Crippen LogP contribution in [-0.2, 0) is 20.0 Å². The lowest BCUT2D eigenvalue weighted by Gasteiger charge is -2.31. The Bertz CT molecular complexity index is 786. The monoisotopic (exact) mass is 319 g/mol. The van der Waals surface area contributed by atoms with Gasteiger partial charge >= 0.3 is 0 Å². The fourth-order valence-electron chi connectivity index (χ4n) is 2.86. The molecule has 1 aromatic carbocycles. The highest BCUT2D eigenvalue weighted by atomic mass is 35.5. The molecule has 22 heavy (non-hydrogen) atoms. The zero-order valence-electron chi connectivity index (χ0n) is 12.9. The van der Waals surface area contributed by atoms with Crippen molar-refractivity contribution >= 4 is 17.3 Å². The first-order valence-corrected chi connectivity index (χ1v) is 7.52. The second-order valence-corrected chi connectivity index (χ2v) is 5.91. The first-order valence-electron chi connectivity index (χ1n) is 7.14. The average Bonchev–Trinajstić information content (AvgIpc) is 2.51. The summed E-state index contributed by atoms with van der Waals surface area (Å²) >= 11 is 6.20. The Kier molecular flexibility index (Phi) is 3.83. The zero-order chi connectivity index (χ0) is 15.9. The molecule has 0 fully saturated rings. The average molecular weight is 320 g/mol. The van der Waals surface area contributed by atoms with Gasteiger partial charge in [-0.25, -0.2) is 4.68 Å². The van der Waals surface area contributed by atoms with Gasteiger partial charge in [-0.3, -0.25) is 4.79 Å². The lowest BCUT2D eigenvalue weighted by atomic mass is 9.96. The lowest BCUT2D eigenvalue weighted by Crippen LogP contribution is -2.33. The number of hydrogen-bond donors (Lipinski definition) is 0. The summed E-state index contributed by atoms with van der Waals surface area (Å²) in [4.78, 5) is 14.0. The molecule has 1 aliphatic heterocycles. The van der Waals surface area contributed by atoms with Crippen LogP contribution in [0.3, 0.4) is 0 Å². The number of nitrogens with zero attached hydrogens (tertiary/aromatic N) is 3. The summed E-state index contributed by atoms with van der Waals surface area (Å²) < 4.78 is 6.63. The minimum atomic E-state index is -0.268. The molecule has 0 saturated heterocycles. The highest BCUT2D eigenvalue weighted by molar-refractivity contribution is 6.33. The molecule has 2 aromatic rings. The predicted octanol–water partition coefficient (Wildman–Crippen LogP) is 2.31. The van der Waals surface area contributed by atoms with Crippen LogP contribution in [0.25, 0.3) is 0 Å². The quantitative estimate of drug-likeness (QED) is 0.852. The molecule has 0 radical (unpaired) electrons. The molecule has 0 spiro atoms. The Morgan fingerprint density at radius 1 is 1.32 bits per heavy atom. The molecule has 0 amide bonds. The van der Waals surface area contributed by atoms with Crippen molar-refractivity contribution in [1.29, 1.82) is 0 Å². The van der Waals surface area contributed by atoms with E-state index in [-0.39, 0.29) is 10.6 Å². The van der Waals surface area contributed by atoms with Crippen LogP contribution < -0.4 is 15.2 Å². The van der Waals surface area contributed by atoms with Crippen LogP contribution in [0.5, 0.6) is 5.75 Å². The van der Waals surface area contributed by atoms with Crippen LogP contribution in [-0.4, -0.2) is 23.4 Å². The second-order valence-electron chi connectivity index (χ2n) is 5.53. The third-order valence-corrected chi connectivity index (χ3v) is 4.49. The van der Waals surface area contributed by atoms with Gasteiger partial charge in [0.25, 0.3) is 5.56 Å². The number of ether oxygens (including phenoxy) is 1. The summed E-state index contributed by atoms with van der Waals surface area (Å²) in [6, 6.07) is 4.24. The smallest absolute Gasteiger partial charge is 0.287 e. The van der Waals surface area contributed by atoms with E-state index >= 15 is 0 Å². The van der Waals surface area contributed by atoms with E-state index < -0.39 is 0 Å². The summed E-state index contributed by atoms with van der Waals surface area (Å²) in [7, 11) is 3.29. The SMILES string of the molecule is COc1cc2c(cc1C)CN(c1cnn(C)c(=O)c1Cl)CC2.